The van der Waals surface area contributed by atoms with Crippen LogP contribution in [0.1, 0.15) is 27.3 Å². The molecule has 0 fully saturated rings. The van der Waals surface area contributed by atoms with Crippen molar-refractivity contribution in [1.82, 2.24) is 15.1 Å². The lowest BCUT2D eigenvalue weighted by Crippen LogP contribution is -2.34. The molecule has 6 heteroatoms. The zero-order chi connectivity index (χ0) is 20.1. The van der Waals surface area contributed by atoms with Gasteiger partial charge in [-0.2, -0.15) is 5.10 Å². The predicted molar refractivity (Wildman–Crippen MR) is 108 cm³/mol. The molecule has 0 saturated heterocycles. The van der Waals surface area contributed by atoms with Crippen LogP contribution in [0, 0.1) is 20.8 Å². The van der Waals surface area contributed by atoms with Gasteiger partial charge in [-0.3, -0.25) is 9.59 Å². The molecule has 0 aliphatic heterocycles. The zero-order valence-corrected chi connectivity index (χ0v) is 16.2. The molecule has 0 saturated carbocycles. The van der Waals surface area contributed by atoms with Gasteiger partial charge < -0.3 is 10.1 Å². The summed E-state index contributed by atoms with van der Waals surface area (Å²) in [6.07, 6.45) is 0. The van der Waals surface area contributed by atoms with E-state index in [1.807, 2.05) is 62.4 Å². The standard InChI is InChI=1S/C22H23N3O3/c1-15-8-7-9-16(2)21(15)28-13-12-23-22(27)20-19(26)14-17(3)25(24-20)18-10-5-4-6-11-18/h4-11,14H,12-13H2,1-3H3,(H,23,27). The number of carbonyl (C=O) groups excluding carboxylic acids is 1. The molecule has 0 aliphatic carbocycles. The van der Waals surface area contributed by atoms with Crippen LogP contribution in [0.3, 0.4) is 0 Å². The Morgan fingerprint density at radius 1 is 1.04 bits per heavy atom. The Kier molecular flexibility index (Phi) is 5.89. The number of nitrogens with one attached hydrogen (secondary N) is 1. The molecule has 144 valence electrons. The third kappa shape index (κ3) is 4.28. The molecule has 2 aromatic carbocycles. The van der Waals surface area contributed by atoms with E-state index in [1.54, 1.807) is 11.6 Å². The lowest BCUT2D eigenvalue weighted by Gasteiger charge is -2.13. The van der Waals surface area contributed by atoms with Crippen molar-refractivity contribution in [2.45, 2.75) is 20.8 Å². The van der Waals surface area contributed by atoms with Crippen LogP contribution in [-0.2, 0) is 0 Å². The van der Waals surface area contributed by atoms with Crippen LogP contribution in [0.5, 0.6) is 5.75 Å². The van der Waals surface area contributed by atoms with E-state index in [1.165, 1.54) is 6.07 Å². The minimum Gasteiger partial charge on any atom is -0.491 e. The number of aryl methyl sites for hydroxylation is 3. The summed E-state index contributed by atoms with van der Waals surface area (Å²) < 4.78 is 7.36. The average Bonchev–Trinajstić information content (AvgIpc) is 2.67. The number of hydrogen-bond acceptors (Lipinski definition) is 4. The first-order valence-electron chi connectivity index (χ1n) is 9.11. The molecule has 0 unspecified atom stereocenters. The predicted octanol–water partition coefficient (Wildman–Crippen LogP) is 2.97. The van der Waals surface area contributed by atoms with Gasteiger partial charge in [0.05, 0.1) is 12.2 Å². The molecule has 0 atom stereocenters. The van der Waals surface area contributed by atoms with Gasteiger partial charge in [-0.25, -0.2) is 4.68 Å². The summed E-state index contributed by atoms with van der Waals surface area (Å²) in [5.41, 5.74) is 2.98. The summed E-state index contributed by atoms with van der Waals surface area (Å²) in [6, 6.07) is 16.7. The van der Waals surface area contributed by atoms with Crippen LogP contribution in [0.2, 0.25) is 0 Å². The number of carbonyl (C=O) groups is 1. The fraction of sp³-hybridized carbons (Fsp3) is 0.227. The smallest absolute Gasteiger partial charge is 0.275 e. The van der Waals surface area contributed by atoms with E-state index in [4.69, 9.17) is 4.74 Å². The molecule has 0 aliphatic rings. The topological polar surface area (TPSA) is 73.2 Å². The molecule has 1 heterocycles. The van der Waals surface area contributed by atoms with Crippen molar-refractivity contribution in [1.29, 1.82) is 0 Å². The molecule has 1 N–H and O–H groups in total. The largest absolute Gasteiger partial charge is 0.491 e. The maximum absolute atomic E-state index is 12.5. The Morgan fingerprint density at radius 2 is 1.71 bits per heavy atom. The number of nitrogens with zero attached hydrogens (tertiary/aromatic N) is 2. The van der Waals surface area contributed by atoms with Gasteiger partial charge in [0.25, 0.3) is 5.91 Å². The van der Waals surface area contributed by atoms with E-state index in [2.05, 4.69) is 10.4 Å². The Balaban J connectivity index is 1.68. The van der Waals surface area contributed by atoms with Crippen LogP contribution in [0.25, 0.3) is 5.69 Å². The normalized spacial score (nSPS) is 10.5. The Morgan fingerprint density at radius 3 is 2.39 bits per heavy atom. The average molecular weight is 377 g/mol. The van der Waals surface area contributed by atoms with Gasteiger partial charge in [0.2, 0.25) is 5.43 Å². The van der Waals surface area contributed by atoms with Crippen molar-refractivity contribution in [3.63, 3.8) is 0 Å². The molecule has 0 spiro atoms. The molecular formula is C22H23N3O3. The van der Waals surface area contributed by atoms with E-state index < -0.39 is 11.3 Å². The van der Waals surface area contributed by atoms with Gasteiger partial charge in [0, 0.05) is 11.8 Å². The van der Waals surface area contributed by atoms with E-state index in [9.17, 15) is 9.59 Å². The molecule has 28 heavy (non-hydrogen) atoms. The van der Waals surface area contributed by atoms with Crippen LogP contribution >= 0.6 is 0 Å². The molecule has 1 amide bonds. The second kappa shape index (κ2) is 8.52. The van der Waals surface area contributed by atoms with Crippen molar-refractivity contribution in [3.8, 4) is 11.4 Å². The second-order valence-corrected chi connectivity index (χ2v) is 6.57. The maximum atomic E-state index is 12.5. The SMILES string of the molecule is Cc1cccc(C)c1OCCNC(=O)c1nn(-c2ccccc2)c(C)cc1=O. The third-order valence-corrected chi connectivity index (χ3v) is 4.37. The molecule has 6 nitrogen and oxygen atoms in total. The number of amides is 1. The number of rotatable bonds is 6. The minimum atomic E-state index is -0.514. The molecule has 3 aromatic rings. The first-order chi connectivity index (χ1) is 13.5. The minimum absolute atomic E-state index is 0.137. The van der Waals surface area contributed by atoms with Crippen LogP contribution in [-0.4, -0.2) is 28.8 Å². The fourth-order valence-electron chi connectivity index (χ4n) is 2.96. The van der Waals surface area contributed by atoms with Crippen molar-refractivity contribution in [2.75, 3.05) is 13.2 Å². The van der Waals surface area contributed by atoms with Gasteiger partial charge in [-0.15, -0.1) is 0 Å². The molecule has 3 rings (SSSR count). The quantitative estimate of drug-likeness (QED) is 0.671. The van der Waals surface area contributed by atoms with Crippen LogP contribution in [0.4, 0.5) is 0 Å². The summed E-state index contributed by atoms with van der Waals surface area (Å²) in [7, 11) is 0. The van der Waals surface area contributed by atoms with Crippen molar-refractivity contribution < 1.29 is 9.53 Å². The fourth-order valence-corrected chi connectivity index (χ4v) is 2.96. The maximum Gasteiger partial charge on any atom is 0.275 e. The highest BCUT2D eigenvalue weighted by Gasteiger charge is 2.15. The lowest BCUT2D eigenvalue weighted by molar-refractivity contribution is 0.0939. The molecule has 0 radical (unpaired) electrons. The number of para-hydroxylation sites is 2. The molecule has 0 bridgehead atoms. The summed E-state index contributed by atoms with van der Waals surface area (Å²) in [6.45, 7) is 6.30. The summed E-state index contributed by atoms with van der Waals surface area (Å²) in [4.78, 5) is 24.7. The van der Waals surface area contributed by atoms with Gasteiger partial charge in [0.1, 0.15) is 12.4 Å². The van der Waals surface area contributed by atoms with Crippen LogP contribution in [0.15, 0.2) is 59.4 Å². The number of hydrogen-bond donors (Lipinski definition) is 1. The van der Waals surface area contributed by atoms with E-state index in [0.717, 1.165) is 22.6 Å². The zero-order valence-electron chi connectivity index (χ0n) is 16.2. The lowest BCUT2D eigenvalue weighted by atomic mass is 10.1. The van der Waals surface area contributed by atoms with E-state index in [0.29, 0.717) is 12.3 Å². The van der Waals surface area contributed by atoms with E-state index in [-0.39, 0.29) is 12.2 Å². The van der Waals surface area contributed by atoms with Gasteiger partial charge in [-0.05, 0) is 44.0 Å². The monoisotopic (exact) mass is 377 g/mol. The second-order valence-electron chi connectivity index (χ2n) is 6.57. The number of aromatic nitrogens is 2. The van der Waals surface area contributed by atoms with Gasteiger partial charge >= 0.3 is 0 Å². The first kappa shape index (κ1) is 19.4. The summed E-state index contributed by atoms with van der Waals surface area (Å²) in [5.74, 6) is 0.302. The van der Waals surface area contributed by atoms with Crippen LogP contribution < -0.4 is 15.5 Å². The number of benzene rings is 2. The highest BCUT2D eigenvalue weighted by Crippen LogP contribution is 2.21. The van der Waals surface area contributed by atoms with Crippen molar-refractivity contribution in [3.05, 3.63) is 87.3 Å². The highest BCUT2D eigenvalue weighted by atomic mass is 16.5. The Hall–Kier alpha value is -3.41. The molecule has 1 aromatic heterocycles. The third-order valence-electron chi connectivity index (χ3n) is 4.37. The Bertz CT molecular complexity index is 1020. The van der Waals surface area contributed by atoms with E-state index >= 15 is 0 Å². The highest BCUT2D eigenvalue weighted by molar-refractivity contribution is 5.92. The van der Waals surface area contributed by atoms with Crippen molar-refractivity contribution in [2.24, 2.45) is 0 Å². The summed E-state index contributed by atoms with van der Waals surface area (Å²) >= 11 is 0. The first-order valence-corrected chi connectivity index (χ1v) is 9.11. The van der Waals surface area contributed by atoms with Crippen molar-refractivity contribution >= 4 is 5.91 Å². The number of ether oxygens (including phenoxy) is 1. The van der Waals surface area contributed by atoms with Gasteiger partial charge in [-0.1, -0.05) is 36.4 Å². The summed E-state index contributed by atoms with van der Waals surface area (Å²) in [5, 5.41) is 6.97. The Labute approximate surface area is 163 Å². The van der Waals surface area contributed by atoms with Gasteiger partial charge in [0.15, 0.2) is 5.69 Å². The molecular weight excluding hydrogens is 354 g/mol.